The van der Waals surface area contributed by atoms with Gasteiger partial charge in [-0.2, -0.15) is 4.99 Å². The monoisotopic (exact) mass is 239 g/mol. The minimum Gasteiger partial charge on any atom is -0.211 e. The first-order valence-electron chi connectivity index (χ1n) is 6.30. The average Bonchev–Trinajstić information content (AvgIpc) is 2.79. The maximum atomic E-state index is 10.7. The predicted molar refractivity (Wildman–Crippen MR) is 77.2 cm³/mol. The highest BCUT2D eigenvalue weighted by molar-refractivity contribution is 6.42. The Hall–Kier alpha value is -1.14. The summed E-state index contributed by atoms with van der Waals surface area (Å²) in [5.41, 5.74) is 4.08. The molecule has 0 atom stereocenters. The van der Waals surface area contributed by atoms with E-state index in [4.69, 9.17) is 31.4 Å². The largest absolute Gasteiger partial charge is 0.240 e. The lowest BCUT2D eigenvalue weighted by atomic mass is 9.49. The first-order chi connectivity index (χ1) is 8.87. The number of carbonyl (C=O) groups excluding carboxylic acids is 1. The number of isocyanates is 1. The first-order valence-corrected chi connectivity index (χ1v) is 6.30. The maximum Gasteiger partial charge on any atom is 0.240 e. The van der Waals surface area contributed by atoms with Crippen LogP contribution in [0.25, 0.3) is 0 Å². The van der Waals surface area contributed by atoms with E-state index in [-0.39, 0.29) is 0 Å². The normalized spacial score (nSPS) is 21.5. The van der Waals surface area contributed by atoms with E-state index < -0.39 is 10.4 Å². The molecule has 0 bridgehead atoms. The molecule has 0 spiro atoms. The van der Waals surface area contributed by atoms with Crippen LogP contribution in [0.1, 0.15) is 35.1 Å². The van der Waals surface area contributed by atoms with E-state index in [1.807, 2.05) is 6.07 Å². The van der Waals surface area contributed by atoms with Gasteiger partial charge in [0.05, 0.1) is 37.1 Å². The minimum absolute atomic E-state index is 0.620. The van der Waals surface area contributed by atoms with E-state index in [9.17, 15) is 4.79 Å². The fraction of sp³-hybridized carbons (Fsp3) is 0.462. The molecule has 6 heteroatoms. The van der Waals surface area contributed by atoms with Crippen LogP contribution >= 0.6 is 0 Å². The van der Waals surface area contributed by atoms with Crippen LogP contribution in [-0.4, -0.2) is 37.5 Å². The lowest BCUT2D eigenvalue weighted by Crippen LogP contribution is -2.26. The van der Waals surface area contributed by atoms with Crippen molar-refractivity contribution in [3.63, 3.8) is 0 Å². The van der Waals surface area contributed by atoms with E-state index in [1.165, 1.54) is 0 Å². The van der Waals surface area contributed by atoms with Crippen molar-refractivity contribution in [3.05, 3.63) is 28.3 Å². The zero-order chi connectivity index (χ0) is 13.8. The van der Waals surface area contributed by atoms with Gasteiger partial charge in [0, 0.05) is 0 Å². The first kappa shape index (κ1) is 12.9. The third-order valence-corrected chi connectivity index (χ3v) is 4.25. The molecule has 0 saturated carbocycles. The zero-order valence-corrected chi connectivity index (χ0v) is 10.6. The van der Waals surface area contributed by atoms with Gasteiger partial charge in [-0.25, -0.2) is 4.79 Å². The van der Waals surface area contributed by atoms with Gasteiger partial charge in [0.25, 0.3) is 0 Å². The highest BCUT2D eigenvalue weighted by atomic mass is 16.1. The Morgan fingerprint density at radius 1 is 1.00 bits per heavy atom. The molecule has 0 aromatic heterocycles. The van der Waals surface area contributed by atoms with Crippen LogP contribution in [0.5, 0.6) is 0 Å². The van der Waals surface area contributed by atoms with Crippen LogP contribution in [0.4, 0.5) is 5.69 Å². The lowest BCUT2D eigenvalue weighted by Gasteiger charge is -2.26. The fourth-order valence-corrected chi connectivity index (χ4v) is 3.21. The fourth-order valence-electron chi connectivity index (χ4n) is 3.21. The Morgan fingerprint density at radius 2 is 1.47 bits per heavy atom. The SMILES string of the molecule is [B]C1([B])CCc2c1cc1c(c2N=C=O)CCC1([B])[B]. The molecular formula is C13H9B4NO. The van der Waals surface area contributed by atoms with Gasteiger partial charge in [-0.1, -0.05) is 40.5 Å². The van der Waals surface area contributed by atoms with Crippen molar-refractivity contribution in [1.29, 1.82) is 0 Å². The molecule has 19 heavy (non-hydrogen) atoms. The second-order valence-electron chi connectivity index (χ2n) is 5.56. The van der Waals surface area contributed by atoms with Gasteiger partial charge in [-0.3, -0.25) is 0 Å². The molecule has 0 heterocycles. The van der Waals surface area contributed by atoms with E-state index in [0.29, 0.717) is 31.4 Å². The van der Waals surface area contributed by atoms with E-state index in [0.717, 1.165) is 22.3 Å². The molecule has 2 nitrogen and oxygen atoms in total. The van der Waals surface area contributed by atoms with Crippen molar-refractivity contribution in [1.82, 2.24) is 0 Å². The van der Waals surface area contributed by atoms with Gasteiger partial charge in [-0.05, 0) is 24.0 Å². The second kappa shape index (κ2) is 3.93. The molecule has 84 valence electrons. The molecule has 8 radical (unpaired) electrons. The second-order valence-corrected chi connectivity index (χ2v) is 5.56. The summed E-state index contributed by atoms with van der Waals surface area (Å²) >= 11 is 0. The summed E-state index contributed by atoms with van der Waals surface area (Å²) in [5.74, 6) is 0. The average molecular weight is 238 g/mol. The number of hydrogen-bond donors (Lipinski definition) is 0. The van der Waals surface area contributed by atoms with Gasteiger partial charge in [0.1, 0.15) is 0 Å². The number of hydrogen-bond acceptors (Lipinski definition) is 2. The zero-order valence-electron chi connectivity index (χ0n) is 10.6. The van der Waals surface area contributed by atoms with Crippen LogP contribution in [0.3, 0.4) is 0 Å². The van der Waals surface area contributed by atoms with Crippen LogP contribution in [0, 0.1) is 0 Å². The van der Waals surface area contributed by atoms with Gasteiger partial charge in [-0.15, -0.1) is 0 Å². The van der Waals surface area contributed by atoms with Gasteiger partial charge >= 0.3 is 0 Å². The molecule has 2 aliphatic rings. The van der Waals surface area contributed by atoms with Crippen molar-refractivity contribution in [2.75, 3.05) is 0 Å². The van der Waals surface area contributed by atoms with E-state index in [1.54, 1.807) is 6.08 Å². The van der Waals surface area contributed by atoms with Crippen LogP contribution in [-0.2, 0) is 28.1 Å². The van der Waals surface area contributed by atoms with Gasteiger partial charge < -0.3 is 0 Å². The summed E-state index contributed by atoms with van der Waals surface area (Å²) in [6, 6.07) is 1.90. The Bertz CT molecular complexity index is 575. The molecule has 0 fully saturated rings. The Balaban J connectivity index is 2.34. The van der Waals surface area contributed by atoms with E-state index in [2.05, 4.69) is 4.99 Å². The summed E-state index contributed by atoms with van der Waals surface area (Å²) in [6.07, 6.45) is 4.26. The number of aliphatic imine (C=N–C) groups is 1. The van der Waals surface area contributed by atoms with Gasteiger partial charge in [0.2, 0.25) is 6.08 Å². The Morgan fingerprint density at radius 3 is 1.89 bits per heavy atom. The number of rotatable bonds is 1. The smallest absolute Gasteiger partial charge is 0.211 e. The van der Waals surface area contributed by atoms with E-state index >= 15 is 0 Å². The molecule has 0 amide bonds. The summed E-state index contributed by atoms with van der Waals surface area (Å²) in [5, 5.41) is -1.81. The van der Waals surface area contributed by atoms with Crippen LogP contribution in [0.2, 0.25) is 0 Å². The van der Waals surface area contributed by atoms with Crippen LogP contribution in [0.15, 0.2) is 11.1 Å². The molecule has 0 unspecified atom stereocenters. The number of nitrogens with zero attached hydrogens (tertiary/aromatic N) is 1. The van der Waals surface area contributed by atoms with Crippen molar-refractivity contribution in [3.8, 4) is 0 Å². The quantitative estimate of drug-likeness (QED) is 0.399. The minimum atomic E-state index is -0.907. The standard InChI is InChI=1S/C13H9B4NO/c14-12(15)3-1-7-9(12)5-10-8(11(7)18-6-19)2-4-13(10,16)17/h5H,1-4H2. The molecule has 1 aromatic rings. The molecule has 0 saturated heterocycles. The summed E-state index contributed by atoms with van der Waals surface area (Å²) in [7, 11) is 24.4. The summed E-state index contributed by atoms with van der Waals surface area (Å²) in [4.78, 5) is 14.5. The number of fused-ring (bicyclic) bond motifs is 2. The summed E-state index contributed by atoms with van der Waals surface area (Å²) < 4.78 is 0. The molecule has 0 N–H and O–H groups in total. The molecule has 2 aliphatic carbocycles. The maximum absolute atomic E-state index is 10.7. The molecular weight excluding hydrogens is 229 g/mol. The Kier molecular flexibility index (Phi) is 2.66. The third kappa shape index (κ3) is 1.77. The molecule has 0 aliphatic heterocycles. The van der Waals surface area contributed by atoms with Crippen LogP contribution < -0.4 is 0 Å². The third-order valence-electron chi connectivity index (χ3n) is 4.25. The van der Waals surface area contributed by atoms with Crippen molar-refractivity contribution in [2.45, 2.75) is 36.1 Å². The summed E-state index contributed by atoms with van der Waals surface area (Å²) in [6.45, 7) is 0. The molecule has 1 aromatic carbocycles. The predicted octanol–water partition coefficient (Wildman–Crippen LogP) is 0.526. The van der Waals surface area contributed by atoms with Crippen molar-refractivity contribution >= 4 is 43.2 Å². The highest BCUT2D eigenvalue weighted by Gasteiger charge is 2.37. The Labute approximate surface area is 118 Å². The lowest BCUT2D eigenvalue weighted by molar-refractivity contribution is 0.565. The van der Waals surface area contributed by atoms with Crippen molar-refractivity contribution < 1.29 is 4.79 Å². The number of benzene rings is 1. The van der Waals surface area contributed by atoms with Crippen molar-refractivity contribution in [2.24, 2.45) is 4.99 Å². The highest BCUT2D eigenvalue weighted by Crippen LogP contribution is 2.48. The topological polar surface area (TPSA) is 29.4 Å². The molecule has 3 rings (SSSR count). The van der Waals surface area contributed by atoms with Gasteiger partial charge in [0.15, 0.2) is 0 Å².